The Morgan fingerprint density at radius 3 is 2.50 bits per heavy atom. The number of benzene rings is 2. The van der Waals surface area contributed by atoms with Crippen LogP contribution in [0.15, 0.2) is 54.6 Å². The normalized spacial score (nSPS) is 12.7. The average molecular weight is 281 g/mol. The summed E-state index contributed by atoms with van der Waals surface area (Å²) in [6.45, 7) is 2.16. The first-order chi connectivity index (χ1) is 9.76. The lowest BCUT2D eigenvalue weighted by Crippen LogP contribution is -2.17. The molecule has 20 heavy (non-hydrogen) atoms. The van der Waals surface area contributed by atoms with Crippen LogP contribution in [-0.2, 0) is 6.42 Å². The fourth-order valence-electron chi connectivity index (χ4n) is 2.59. The van der Waals surface area contributed by atoms with Crippen molar-refractivity contribution in [3.8, 4) is 0 Å². The zero-order valence-electron chi connectivity index (χ0n) is 11.9. The lowest BCUT2D eigenvalue weighted by atomic mass is 10.0. The molecule has 3 rings (SSSR count). The molecule has 2 aromatic carbocycles. The van der Waals surface area contributed by atoms with Gasteiger partial charge in [-0.05, 0) is 48.9 Å². The first kappa shape index (κ1) is 13.3. The van der Waals surface area contributed by atoms with E-state index in [4.69, 9.17) is 0 Å². The highest BCUT2D eigenvalue weighted by molar-refractivity contribution is 7.12. The molecule has 0 spiro atoms. The molecule has 0 amide bonds. The smallest absolute Gasteiger partial charge is 0.0453 e. The second kappa shape index (κ2) is 5.78. The fourth-order valence-corrected chi connectivity index (χ4v) is 3.57. The molecule has 0 fully saturated rings. The molecule has 1 nitrogen and oxygen atoms in total. The standard InChI is InChI=1S/C18H19NS/c1-13-7-10-18(20-13)17(19-2)12-14-8-9-15-5-3-4-6-16(15)11-14/h3-11,17,19H,12H2,1-2H3. The Morgan fingerprint density at radius 1 is 1.00 bits per heavy atom. The number of hydrogen-bond donors (Lipinski definition) is 1. The van der Waals surface area contributed by atoms with Crippen molar-refractivity contribution in [2.45, 2.75) is 19.4 Å². The van der Waals surface area contributed by atoms with Gasteiger partial charge in [0.1, 0.15) is 0 Å². The molecule has 2 heteroatoms. The number of fused-ring (bicyclic) bond motifs is 1. The maximum atomic E-state index is 3.44. The van der Waals surface area contributed by atoms with Gasteiger partial charge in [0.25, 0.3) is 0 Å². The Morgan fingerprint density at radius 2 is 1.80 bits per heavy atom. The Balaban J connectivity index is 1.87. The van der Waals surface area contributed by atoms with Crippen LogP contribution < -0.4 is 5.32 Å². The summed E-state index contributed by atoms with van der Waals surface area (Å²) in [7, 11) is 2.04. The fraction of sp³-hybridized carbons (Fsp3) is 0.222. The van der Waals surface area contributed by atoms with Crippen LogP contribution in [0.3, 0.4) is 0 Å². The van der Waals surface area contributed by atoms with Crippen molar-refractivity contribution in [2.75, 3.05) is 7.05 Å². The van der Waals surface area contributed by atoms with E-state index >= 15 is 0 Å². The topological polar surface area (TPSA) is 12.0 Å². The van der Waals surface area contributed by atoms with E-state index in [-0.39, 0.29) is 0 Å². The number of thiophene rings is 1. The first-order valence-electron chi connectivity index (χ1n) is 6.97. The second-order valence-electron chi connectivity index (χ2n) is 5.18. The highest BCUT2D eigenvalue weighted by Crippen LogP contribution is 2.26. The molecule has 0 bridgehead atoms. The summed E-state index contributed by atoms with van der Waals surface area (Å²) in [6.07, 6.45) is 1.03. The van der Waals surface area contributed by atoms with Crippen molar-refractivity contribution >= 4 is 22.1 Å². The molecule has 0 aliphatic rings. The summed E-state index contributed by atoms with van der Waals surface area (Å²) in [5.41, 5.74) is 1.38. The Hall–Kier alpha value is -1.64. The minimum atomic E-state index is 0.398. The second-order valence-corrected chi connectivity index (χ2v) is 6.49. The van der Waals surface area contributed by atoms with Gasteiger partial charge in [-0.25, -0.2) is 0 Å². The van der Waals surface area contributed by atoms with Crippen LogP contribution in [0.4, 0.5) is 0 Å². The molecule has 1 N–H and O–H groups in total. The number of likely N-dealkylation sites (N-methyl/N-ethyl adjacent to an activating group) is 1. The van der Waals surface area contributed by atoms with Crippen molar-refractivity contribution in [1.82, 2.24) is 5.32 Å². The minimum Gasteiger partial charge on any atom is -0.312 e. The molecule has 0 aliphatic carbocycles. The predicted molar refractivity (Wildman–Crippen MR) is 88.5 cm³/mol. The Bertz CT molecular complexity index is 714. The Kier molecular flexibility index (Phi) is 3.86. The summed E-state index contributed by atoms with van der Waals surface area (Å²) in [5, 5.41) is 6.07. The predicted octanol–water partition coefficient (Wildman–Crippen LogP) is 4.71. The maximum absolute atomic E-state index is 3.44. The van der Waals surface area contributed by atoms with Gasteiger partial charge in [-0.15, -0.1) is 11.3 Å². The van der Waals surface area contributed by atoms with Gasteiger partial charge in [0.2, 0.25) is 0 Å². The van der Waals surface area contributed by atoms with Crippen LogP contribution in [-0.4, -0.2) is 7.05 Å². The van der Waals surface area contributed by atoms with E-state index < -0.39 is 0 Å². The van der Waals surface area contributed by atoms with Crippen LogP contribution in [0.1, 0.15) is 21.4 Å². The number of rotatable bonds is 4. The van der Waals surface area contributed by atoms with E-state index in [9.17, 15) is 0 Å². The largest absolute Gasteiger partial charge is 0.312 e. The summed E-state index contributed by atoms with van der Waals surface area (Å²) in [5.74, 6) is 0. The maximum Gasteiger partial charge on any atom is 0.0453 e. The van der Waals surface area contributed by atoms with Crippen molar-refractivity contribution in [1.29, 1.82) is 0 Å². The van der Waals surface area contributed by atoms with E-state index in [1.165, 1.54) is 26.1 Å². The molecule has 1 atom stereocenters. The van der Waals surface area contributed by atoms with E-state index in [1.807, 2.05) is 18.4 Å². The number of hydrogen-bond acceptors (Lipinski definition) is 2. The molecule has 0 aliphatic heterocycles. The van der Waals surface area contributed by atoms with Crippen LogP contribution >= 0.6 is 11.3 Å². The van der Waals surface area contributed by atoms with Crippen molar-refractivity contribution in [3.63, 3.8) is 0 Å². The van der Waals surface area contributed by atoms with Gasteiger partial charge < -0.3 is 5.32 Å². The molecule has 0 saturated carbocycles. The summed E-state index contributed by atoms with van der Waals surface area (Å²) >= 11 is 1.88. The van der Waals surface area contributed by atoms with Crippen molar-refractivity contribution < 1.29 is 0 Å². The van der Waals surface area contributed by atoms with Gasteiger partial charge in [-0.3, -0.25) is 0 Å². The summed E-state index contributed by atoms with van der Waals surface area (Å²) < 4.78 is 0. The summed E-state index contributed by atoms with van der Waals surface area (Å²) in [4.78, 5) is 2.79. The van der Waals surface area contributed by atoms with Crippen LogP contribution in [0.5, 0.6) is 0 Å². The third-order valence-electron chi connectivity index (χ3n) is 3.71. The van der Waals surface area contributed by atoms with Gasteiger partial charge in [0.05, 0.1) is 0 Å². The molecular weight excluding hydrogens is 262 g/mol. The third kappa shape index (κ3) is 2.77. The number of nitrogens with one attached hydrogen (secondary N) is 1. The molecule has 0 radical (unpaired) electrons. The molecule has 0 saturated heterocycles. The van der Waals surface area contributed by atoms with Gasteiger partial charge >= 0.3 is 0 Å². The zero-order chi connectivity index (χ0) is 13.9. The minimum absolute atomic E-state index is 0.398. The summed E-state index contributed by atoms with van der Waals surface area (Å²) in [6, 6.07) is 20.1. The van der Waals surface area contributed by atoms with Crippen molar-refractivity contribution in [2.24, 2.45) is 0 Å². The van der Waals surface area contributed by atoms with Crippen LogP contribution in [0.25, 0.3) is 10.8 Å². The Labute approximate surface area is 124 Å². The van der Waals surface area contributed by atoms with Gasteiger partial charge in [-0.1, -0.05) is 42.5 Å². The van der Waals surface area contributed by atoms with Crippen LogP contribution in [0.2, 0.25) is 0 Å². The third-order valence-corrected chi connectivity index (χ3v) is 4.82. The molecule has 1 heterocycles. The highest BCUT2D eigenvalue weighted by atomic mass is 32.1. The van der Waals surface area contributed by atoms with E-state index in [0.29, 0.717) is 6.04 Å². The lowest BCUT2D eigenvalue weighted by molar-refractivity contribution is 0.602. The van der Waals surface area contributed by atoms with E-state index in [1.54, 1.807) is 0 Å². The monoisotopic (exact) mass is 281 g/mol. The van der Waals surface area contributed by atoms with Gasteiger partial charge in [-0.2, -0.15) is 0 Å². The van der Waals surface area contributed by atoms with Crippen LogP contribution in [0, 0.1) is 6.92 Å². The molecule has 3 aromatic rings. The SMILES string of the molecule is CNC(Cc1ccc2ccccc2c1)c1ccc(C)s1. The lowest BCUT2D eigenvalue weighted by Gasteiger charge is -2.15. The van der Waals surface area contributed by atoms with Gasteiger partial charge in [0, 0.05) is 15.8 Å². The van der Waals surface area contributed by atoms with Crippen molar-refractivity contribution in [3.05, 3.63) is 69.9 Å². The zero-order valence-corrected chi connectivity index (χ0v) is 12.7. The average Bonchev–Trinajstić information content (AvgIpc) is 2.91. The first-order valence-corrected chi connectivity index (χ1v) is 7.79. The molecular formula is C18H19NS. The van der Waals surface area contributed by atoms with Gasteiger partial charge in [0.15, 0.2) is 0 Å². The van der Waals surface area contributed by atoms with E-state index in [2.05, 4.69) is 66.8 Å². The molecule has 102 valence electrons. The number of aryl methyl sites for hydroxylation is 1. The molecule has 1 unspecified atom stereocenters. The highest BCUT2D eigenvalue weighted by Gasteiger charge is 2.12. The molecule has 1 aromatic heterocycles. The quantitative estimate of drug-likeness (QED) is 0.730. The van der Waals surface area contributed by atoms with E-state index in [0.717, 1.165) is 6.42 Å².